The first kappa shape index (κ1) is 12.3. The predicted octanol–water partition coefficient (Wildman–Crippen LogP) is 3.55. The fourth-order valence-electron chi connectivity index (χ4n) is 1.14. The molecule has 1 rings (SSSR count). The molecule has 0 aromatic heterocycles. The molecule has 0 heterocycles. The number of nitrogens with one attached hydrogen (secondary N) is 1. The maximum atomic E-state index is 11.9. The largest absolute Gasteiger partial charge is 0.401 e. The standard InChI is InChI=1S/C10H11ClF3N/c1-7(15-6-10(12,13)14)8-2-4-9(11)5-3-8/h2-5,7,15H,6H2,1H3/t7-/m1/s1. The molecule has 0 unspecified atom stereocenters. The molecule has 0 spiro atoms. The van der Waals surface area contributed by atoms with Crippen molar-refractivity contribution in [3.63, 3.8) is 0 Å². The number of hydrogen-bond donors (Lipinski definition) is 1. The molecule has 1 N–H and O–H groups in total. The summed E-state index contributed by atoms with van der Waals surface area (Å²) in [5.41, 5.74) is 0.781. The van der Waals surface area contributed by atoms with Crippen molar-refractivity contribution in [2.75, 3.05) is 6.54 Å². The number of benzene rings is 1. The van der Waals surface area contributed by atoms with E-state index < -0.39 is 12.7 Å². The lowest BCUT2D eigenvalue weighted by molar-refractivity contribution is -0.126. The van der Waals surface area contributed by atoms with Crippen LogP contribution in [-0.2, 0) is 0 Å². The lowest BCUT2D eigenvalue weighted by atomic mass is 10.1. The Bertz CT molecular complexity index is 307. The molecular formula is C10H11ClF3N. The van der Waals surface area contributed by atoms with Gasteiger partial charge >= 0.3 is 6.18 Å². The maximum absolute atomic E-state index is 11.9. The summed E-state index contributed by atoms with van der Waals surface area (Å²) in [4.78, 5) is 0. The molecule has 1 atom stereocenters. The Labute approximate surface area is 91.2 Å². The van der Waals surface area contributed by atoms with E-state index in [0.29, 0.717) is 5.02 Å². The minimum absolute atomic E-state index is 0.344. The van der Waals surface area contributed by atoms with Crippen molar-refractivity contribution in [2.24, 2.45) is 0 Å². The van der Waals surface area contributed by atoms with Gasteiger partial charge < -0.3 is 5.32 Å². The zero-order valence-corrected chi connectivity index (χ0v) is 8.86. The molecular weight excluding hydrogens is 227 g/mol. The summed E-state index contributed by atoms with van der Waals surface area (Å²) in [7, 11) is 0. The molecule has 0 aliphatic carbocycles. The summed E-state index contributed by atoms with van der Waals surface area (Å²) < 4.78 is 35.7. The molecule has 0 radical (unpaired) electrons. The van der Waals surface area contributed by atoms with Crippen LogP contribution in [0.2, 0.25) is 5.02 Å². The predicted molar refractivity (Wildman–Crippen MR) is 53.9 cm³/mol. The maximum Gasteiger partial charge on any atom is 0.401 e. The first-order chi connectivity index (χ1) is 6.88. The molecule has 1 aromatic carbocycles. The van der Waals surface area contributed by atoms with Crippen LogP contribution < -0.4 is 5.32 Å². The van der Waals surface area contributed by atoms with Gasteiger partial charge in [-0.2, -0.15) is 13.2 Å². The van der Waals surface area contributed by atoms with E-state index in [-0.39, 0.29) is 6.04 Å². The third-order valence-electron chi connectivity index (χ3n) is 1.98. The first-order valence-corrected chi connectivity index (χ1v) is 4.82. The highest BCUT2D eigenvalue weighted by Crippen LogP contribution is 2.18. The Morgan fingerprint density at radius 3 is 2.27 bits per heavy atom. The Balaban J connectivity index is 2.54. The molecule has 84 valence electrons. The molecule has 0 saturated carbocycles. The number of hydrogen-bond acceptors (Lipinski definition) is 1. The van der Waals surface area contributed by atoms with Gasteiger partial charge in [-0.05, 0) is 24.6 Å². The lowest BCUT2D eigenvalue weighted by Crippen LogP contribution is -2.30. The third-order valence-corrected chi connectivity index (χ3v) is 2.23. The fourth-order valence-corrected chi connectivity index (χ4v) is 1.26. The second-order valence-corrected chi connectivity index (χ2v) is 3.71. The van der Waals surface area contributed by atoms with Crippen LogP contribution >= 0.6 is 11.6 Å². The van der Waals surface area contributed by atoms with Crippen molar-refractivity contribution < 1.29 is 13.2 Å². The van der Waals surface area contributed by atoms with E-state index in [4.69, 9.17) is 11.6 Å². The molecule has 0 amide bonds. The van der Waals surface area contributed by atoms with Gasteiger partial charge in [0.15, 0.2) is 0 Å². The van der Waals surface area contributed by atoms with Crippen LogP contribution in [0.5, 0.6) is 0 Å². The quantitative estimate of drug-likeness (QED) is 0.848. The smallest absolute Gasteiger partial charge is 0.302 e. The normalized spacial score (nSPS) is 13.9. The van der Waals surface area contributed by atoms with Crippen LogP contribution in [0.4, 0.5) is 13.2 Å². The van der Waals surface area contributed by atoms with Gasteiger partial charge in [0.2, 0.25) is 0 Å². The van der Waals surface area contributed by atoms with Crippen molar-refractivity contribution in [1.82, 2.24) is 5.32 Å². The third kappa shape index (κ3) is 4.53. The molecule has 0 aliphatic rings. The van der Waals surface area contributed by atoms with Crippen molar-refractivity contribution >= 4 is 11.6 Å². The summed E-state index contributed by atoms with van der Waals surface area (Å²) >= 11 is 5.67. The van der Waals surface area contributed by atoms with E-state index in [1.54, 1.807) is 31.2 Å². The molecule has 0 bridgehead atoms. The van der Waals surface area contributed by atoms with Gasteiger partial charge in [0, 0.05) is 11.1 Å². The Kier molecular flexibility index (Phi) is 3.99. The van der Waals surface area contributed by atoms with Crippen LogP contribution in [-0.4, -0.2) is 12.7 Å². The number of rotatable bonds is 3. The lowest BCUT2D eigenvalue weighted by Gasteiger charge is -2.15. The summed E-state index contributed by atoms with van der Waals surface area (Å²) in [5, 5.41) is 2.96. The van der Waals surface area contributed by atoms with Crippen molar-refractivity contribution in [1.29, 1.82) is 0 Å². The van der Waals surface area contributed by atoms with Gasteiger partial charge in [0.05, 0.1) is 6.54 Å². The average Bonchev–Trinajstić information content (AvgIpc) is 2.14. The van der Waals surface area contributed by atoms with Crippen LogP contribution in [0.1, 0.15) is 18.5 Å². The van der Waals surface area contributed by atoms with Crippen LogP contribution in [0.15, 0.2) is 24.3 Å². The Morgan fingerprint density at radius 1 is 1.27 bits per heavy atom. The van der Waals surface area contributed by atoms with Gasteiger partial charge in [-0.15, -0.1) is 0 Å². The molecule has 0 fully saturated rings. The highest BCUT2D eigenvalue weighted by molar-refractivity contribution is 6.30. The second kappa shape index (κ2) is 4.86. The number of halogens is 4. The summed E-state index contributed by atoms with van der Waals surface area (Å²) in [5.74, 6) is 0. The Morgan fingerprint density at radius 2 is 1.80 bits per heavy atom. The van der Waals surface area contributed by atoms with Crippen LogP contribution in [0.25, 0.3) is 0 Å². The molecule has 1 nitrogen and oxygen atoms in total. The van der Waals surface area contributed by atoms with Gasteiger partial charge in [-0.3, -0.25) is 0 Å². The topological polar surface area (TPSA) is 12.0 Å². The van der Waals surface area contributed by atoms with E-state index in [1.807, 2.05) is 0 Å². The monoisotopic (exact) mass is 237 g/mol. The van der Waals surface area contributed by atoms with Crippen molar-refractivity contribution in [2.45, 2.75) is 19.1 Å². The zero-order valence-electron chi connectivity index (χ0n) is 8.11. The second-order valence-electron chi connectivity index (χ2n) is 3.27. The summed E-state index contributed by atoms with van der Waals surface area (Å²) in [6.45, 7) is 0.686. The van der Waals surface area contributed by atoms with E-state index in [9.17, 15) is 13.2 Å². The minimum atomic E-state index is -4.18. The Hall–Kier alpha value is -0.740. The van der Waals surface area contributed by atoms with Crippen LogP contribution in [0, 0.1) is 0 Å². The van der Waals surface area contributed by atoms with Gasteiger partial charge in [-0.1, -0.05) is 23.7 Å². The highest BCUT2D eigenvalue weighted by Gasteiger charge is 2.27. The van der Waals surface area contributed by atoms with Crippen molar-refractivity contribution in [3.8, 4) is 0 Å². The van der Waals surface area contributed by atoms with E-state index in [0.717, 1.165) is 5.56 Å². The molecule has 0 aliphatic heterocycles. The molecule has 15 heavy (non-hydrogen) atoms. The molecule has 1 aromatic rings. The summed E-state index contributed by atoms with van der Waals surface area (Å²) in [6, 6.07) is 6.38. The highest BCUT2D eigenvalue weighted by atomic mass is 35.5. The average molecular weight is 238 g/mol. The van der Waals surface area contributed by atoms with Crippen molar-refractivity contribution in [3.05, 3.63) is 34.9 Å². The minimum Gasteiger partial charge on any atom is -0.302 e. The van der Waals surface area contributed by atoms with E-state index >= 15 is 0 Å². The first-order valence-electron chi connectivity index (χ1n) is 4.44. The van der Waals surface area contributed by atoms with Gasteiger partial charge in [0.25, 0.3) is 0 Å². The fraction of sp³-hybridized carbons (Fsp3) is 0.400. The van der Waals surface area contributed by atoms with E-state index in [2.05, 4.69) is 5.32 Å². The van der Waals surface area contributed by atoms with Crippen LogP contribution in [0.3, 0.4) is 0 Å². The molecule has 0 saturated heterocycles. The van der Waals surface area contributed by atoms with Gasteiger partial charge in [-0.25, -0.2) is 0 Å². The van der Waals surface area contributed by atoms with Gasteiger partial charge in [0.1, 0.15) is 0 Å². The van der Waals surface area contributed by atoms with E-state index in [1.165, 1.54) is 0 Å². The SMILES string of the molecule is C[C@@H](NCC(F)(F)F)c1ccc(Cl)cc1. The number of alkyl halides is 3. The molecule has 5 heteroatoms. The zero-order chi connectivity index (χ0) is 11.5. The summed E-state index contributed by atoms with van der Waals surface area (Å²) in [6.07, 6.45) is -4.18.